The van der Waals surface area contributed by atoms with Crippen LogP contribution in [0.5, 0.6) is 0 Å². The molecular weight excluding hydrogens is 188 g/mol. The zero-order valence-corrected chi connectivity index (χ0v) is 6.93. The van der Waals surface area contributed by atoms with Crippen LogP contribution in [-0.2, 0) is 7.05 Å². The second-order valence-corrected chi connectivity index (χ2v) is 1.92. The van der Waals surface area contributed by atoms with E-state index in [0.29, 0.717) is 0 Å². The minimum absolute atomic E-state index is 0. The molecule has 0 aromatic carbocycles. The average molecular weight is 195 g/mol. The first-order chi connectivity index (χ1) is 3.29. The van der Waals surface area contributed by atoms with Crippen LogP contribution in [-0.4, -0.2) is 3.97 Å². The summed E-state index contributed by atoms with van der Waals surface area (Å²) in [5.41, 5.74) is 0. The summed E-state index contributed by atoms with van der Waals surface area (Å²) >= 11 is 4.00. The van der Waals surface area contributed by atoms with Gasteiger partial charge in [0.1, 0.15) is 12.4 Å². The highest BCUT2D eigenvalue weighted by atomic mass is 79.9. The number of imidazole rings is 1. The maximum Gasteiger partial charge on any atom is 0.255 e. The van der Waals surface area contributed by atoms with Crippen molar-refractivity contribution in [2.24, 2.45) is 7.05 Å². The number of hydrogen-bond donors (Lipinski definition) is 1. The molecule has 0 amide bonds. The monoisotopic (exact) mass is 194 g/mol. The van der Waals surface area contributed by atoms with Gasteiger partial charge in [0.05, 0.1) is 7.05 Å². The van der Waals surface area contributed by atoms with Gasteiger partial charge in [0, 0.05) is 12.8 Å². The molecule has 1 aromatic heterocycles. The number of hydrogen-bond acceptors (Lipinski definition) is 1. The van der Waals surface area contributed by atoms with Gasteiger partial charge in [0.15, 0.2) is 0 Å². The first-order valence-corrected chi connectivity index (χ1v) is 2.41. The number of thiol groups is 1. The van der Waals surface area contributed by atoms with Crippen molar-refractivity contribution < 1.29 is 21.5 Å². The van der Waals surface area contributed by atoms with E-state index < -0.39 is 0 Å². The first-order valence-electron chi connectivity index (χ1n) is 2.01. The number of rotatable bonds is 0. The summed E-state index contributed by atoms with van der Waals surface area (Å²) in [7, 11) is 1.95. The molecule has 8 heavy (non-hydrogen) atoms. The second kappa shape index (κ2) is 3.14. The smallest absolute Gasteiger partial charge is 0.255 e. The van der Waals surface area contributed by atoms with Crippen molar-refractivity contribution in [1.82, 2.24) is 3.97 Å². The highest BCUT2D eigenvalue weighted by Gasteiger charge is 1.88. The van der Waals surface area contributed by atoms with Crippen LogP contribution in [0.15, 0.2) is 18.7 Å². The Hall–Kier alpha value is 0.0400. The van der Waals surface area contributed by atoms with Crippen LogP contribution in [0, 0.1) is 0 Å². The number of aryl methyl sites for hydroxylation is 1. The molecule has 1 rings (SSSR count). The number of aromatic nitrogens is 2. The molecule has 0 fully saturated rings. The predicted molar refractivity (Wildman–Crippen MR) is 30.0 cm³/mol. The van der Waals surface area contributed by atoms with Crippen LogP contribution in [0.1, 0.15) is 0 Å². The zero-order chi connectivity index (χ0) is 5.28. The summed E-state index contributed by atoms with van der Waals surface area (Å²) in [6.07, 6.45) is 5.65. The Morgan fingerprint density at radius 2 is 2.25 bits per heavy atom. The van der Waals surface area contributed by atoms with E-state index in [9.17, 15) is 0 Å². The Morgan fingerprint density at radius 1 is 1.62 bits per heavy atom. The minimum Gasteiger partial charge on any atom is -1.00 e. The molecule has 4 heteroatoms. The molecule has 0 spiro atoms. The van der Waals surface area contributed by atoms with Gasteiger partial charge in [0.2, 0.25) is 0 Å². The minimum atomic E-state index is 0. The molecule has 46 valence electrons. The van der Waals surface area contributed by atoms with Gasteiger partial charge in [-0.1, -0.05) is 0 Å². The molecular formula is C4H7BrN2S. The van der Waals surface area contributed by atoms with Gasteiger partial charge in [-0.05, 0) is 0 Å². The third-order valence-corrected chi connectivity index (χ3v) is 0.992. The molecule has 0 N–H and O–H groups in total. The summed E-state index contributed by atoms with van der Waals surface area (Å²) in [6.45, 7) is 0. The second-order valence-electron chi connectivity index (χ2n) is 1.46. The van der Waals surface area contributed by atoms with E-state index in [1.54, 1.807) is 3.97 Å². The molecule has 0 unspecified atom stereocenters. The Bertz CT molecular complexity index is 146. The van der Waals surface area contributed by atoms with Crippen LogP contribution in [0.3, 0.4) is 0 Å². The third kappa shape index (κ3) is 1.88. The van der Waals surface area contributed by atoms with Crippen molar-refractivity contribution in [2.75, 3.05) is 0 Å². The van der Waals surface area contributed by atoms with E-state index in [4.69, 9.17) is 0 Å². The number of nitrogens with zero attached hydrogens (tertiary/aromatic N) is 2. The maximum absolute atomic E-state index is 4.00. The fourth-order valence-electron chi connectivity index (χ4n) is 0.437. The fourth-order valence-corrected chi connectivity index (χ4v) is 0.660. The fraction of sp³-hybridized carbons (Fsp3) is 0.250. The lowest BCUT2D eigenvalue weighted by atomic mass is 10.9. The van der Waals surface area contributed by atoms with Gasteiger partial charge in [0.25, 0.3) is 6.33 Å². The molecule has 0 aliphatic heterocycles. The summed E-state index contributed by atoms with van der Waals surface area (Å²) < 4.78 is 3.62. The van der Waals surface area contributed by atoms with Crippen LogP contribution in [0.4, 0.5) is 0 Å². The van der Waals surface area contributed by atoms with Crippen LogP contribution < -0.4 is 21.5 Å². The van der Waals surface area contributed by atoms with Gasteiger partial charge >= 0.3 is 0 Å². The van der Waals surface area contributed by atoms with E-state index in [-0.39, 0.29) is 17.0 Å². The summed E-state index contributed by atoms with van der Waals surface area (Å²) in [5, 5.41) is 0. The molecule has 0 saturated carbocycles. The van der Waals surface area contributed by atoms with Crippen LogP contribution in [0.2, 0.25) is 0 Å². The van der Waals surface area contributed by atoms with Crippen molar-refractivity contribution in [1.29, 1.82) is 0 Å². The largest absolute Gasteiger partial charge is 1.00 e. The molecule has 0 bridgehead atoms. The highest BCUT2D eigenvalue weighted by molar-refractivity contribution is 7.78. The molecule has 0 aliphatic carbocycles. The topological polar surface area (TPSA) is 8.81 Å². The van der Waals surface area contributed by atoms with Crippen molar-refractivity contribution >= 4 is 12.8 Å². The Balaban J connectivity index is 0.000000490. The van der Waals surface area contributed by atoms with Crippen molar-refractivity contribution in [2.45, 2.75) is 0 Å². The van der Waals surface area contributed by atoms with Crippen molar-refractivity contribution in [3.05, 3.63) is 18.7 Å². The van der Waals surface area contributed by atoms with Crippen molar-refractivity contribution in [3.63, 3.8) is 0 Å². The lowest BCUT2D eigenvalue weighted by Gasteiger charge is -1.70. The van der Waals surface area contributed by atoms with E-state index in [1.165, 1.54) is 0 Å². The lowest BCUT2D eigenvalue weighted by Crippen LogP contribution is -3.00. The van der Waals surface area contributed by atoms with E-state index in [1.807, 2.05) is 30.3 Å². The van der Waals surface area contributed by atoms with Gasteiger partial charge < -0.3 is 17.0 Å². The first kappa shape index (κ1) is 8.04. The Morgan fingerprint density at radius 3 is 2.38 bits per heavy atom. The average Bonchev–Trinajstić information content (AvgIpc) is 1.87. The Kier molecular flexibility index (Phi) is 3.16. The standard InChI is InChI=1S/C4H7N2S.BrH/c1-5-2-3-6(7)4-5;/h2-4,7H,1H3;1H/q+1;/p-1. The summed E-state index contributed by atoms with van der Waals surface area (Å²) in [6, 6.07) is 0. The molecule has 0 saturated heterocycles. The predicted octanol–water partition coefficient (Wildman–Crippen LogP) is -2.99. The number of halogens is 1. The molecule has 1 heterocycles. The summed E-state index contributed by atoms with van der Waals surface area (Å²) in [4.78, 5) is 0. The van der Waals surface area contributed by atoms with E-state index in [0.717, 1.165) is 0 Å². The molecule has 1 aromatic rings. The van der Waals surface area contributed by atoms with E-state index in [2.05, 4.69) is 12.8 Å². The van der Waals surface area contributed by atoms with Crippen LogP contribution >= 0.6 is 12.8 Å². The lowest BCUT2D eigenvalue weighted by molar-refractivity contribution is -0.670. The van der Waals surface area contributed by atoms with Gasteiger partial charge in [-0.25, -0.2) is 4.57 Å². The molecule has 0 aliphatic rings. The third-order valence-electron chi connectivity index (χ3n) is 0.755. The normalized spacial score (nSPS) is 8.25. The Labute approximate surface area is 64.4 Å². The molecule has 2 nitrogen and oxygen atoms in total. The van der Waals surface area contributed by atoms with Crippen molar-refractivity contribution in [3.8, 4) is 0 Å². The highest BCUT2D eigenvalue weighted by Crippen LogP contribution is 1.80. The van der Waals surface area contributed by atoms with E-state index >= 15 is 0 Å². The summed E-state index contributed by atoms with van der Waals surface area (Å²) in [5.74, 6) is 0. The van der Waals surface area contributed by atoms with Gasteiger partial charge in [-0.3, -0.25) is 0 Å². The maximum atomic E-state index is 4.00. The quantitative estimate of drug-likeness (QED) is 0.334. The van der Waals surface area contributed by atoms with Gasteiger partial charge in [-0.15, -0.1) is 0 Å². The zero-order valence-electron chi connectivity index (χ0n) is 4.45. The van der Waals surface area contributed by atoms with Gasteiger partial charge in [-0.2, -0.15) is 3.97 Å². The van der Waals surface area contributed by atoms with Crippen LogP contribution in [0.25, 0.3) is 0 Å². The molecule has 0 radical (unpaired) electrons. The SMILES string of the molecule is C[n+]1ccn(S)c1.[Br-]. The molecule has 0 atom stereocenters.